The minimum atomic E-state index is -4.25. The highest BCUT2D eigenvalue weighted by Crippen LogP contribution is 2.29. The van der Waals surface area contributed by atoms with Crippen LogP contribution in [0.4, 0.5) is 13.2 Å². The Bertz CT molecular complexity index is 411. The van der Waals surface area contributed by atoms with E-state index in [1.54, 1.807) is 12.1 Å². The molecule has 1 aromatic rings. The van der Waals surface area contributed by atoms with Crippen molar-refractivity contribution in [3.63, 3.8) is 0 Å². The Morgan fingerprint density at radius 3 is 2.00 bits per heavy atom. The largest absolute Gasteiger partial charge is 0.416 e. The predicted molar refractivity (Wildman–Crippen MR) is 77.0 cm³/mol. The van der Waals surface area contributed by atoms with Crippen molar-refractivity contribution in [1.29, 1.82) is 0 Å². The molecule has 1 aromatic carbocycles. The van der Waals surface area contributed by atoms with Gasteiger partial charge in [-0.05, 0) is 17.7 Å². The maximum absolute atomic E-state index is 12.5. The second-order valence-corrected chi connectivity index (χ2v) is 5.79. The smallest absolute Gasteiger partial charge is 0.300 e. The molecule has 0 atom stereocenters. The summed E-state index contributed by atoms with van der Waals surface area (Å²) in [4.78, 5) is 4.67. The van der Waals surface area contributed by atoms with Crippen LogP contribution >= 0.6 is 15.9 Å². The van der Waals surface area contributed by atoms with Crippen molar-refractivity contribution < 1.29 is 13.2 Å². The highest BCUT2D eigenvalue weighted by molar-refractivity contribution is 9.09. The molecule has 6 heteroatoms. The minimum Gasteiger partial charge on any atom is -0.300 e. The van der Waals surface area contributed by atoms with Gasteiger partial charge in [0.15, 0.2) is 0 Å². The second kappa shape index (κ2) is 6.91. The van der Waals surface area contributed by atoms with Crippen molar-refractivity contribution in [2.45, 2.75) is 12.7 Å². The second-order valence-electron chi connectivity index (χ2n) is 5.00. The van der Waals surface area contributed by atoms with Crippen LogP contribution in [0.1, 0.15) is 11.1 Å². The van der Waals surface area contributed by atoms with Crippen LogP contribution in [0.15, 0.2) is 24.3 Å². The van der Waals surface area contributed by atoms with Gasteiger partial charge in [0.05, 0.1) is 5.56 Å². The van der Waals surface area contributed by atoms with Gasteiger partial charge in [-0.25, -0.2) is 0 Å². The topological polar surface area (TPSA) is 6.48 Å². The third kappa shape index (κ3) is 4.46. The van der Waals surface area contributed by atoms with Crippen LogP contribution in [-0.4, -0.2) is 47.9 Å². The fraction of sp³-hybridized carbons (Fsp3) is 0.571. The molecule has 20 heavy (non-hydrogen) atoms. The van der Waals surface area contributed by atoms with Crippen molar-refractivity contribution in [2.75, 3.05) is 38.1 Å². The van der Waals surface area contributed by atoms with E-state index in [-0.39, 0.29) is 0 Å². The third-order valence-electron chi connectivity index (χ3n) is 3.55. The molecule has 1 aliphatic rings. The molecular formula is C14H18BrF3N2. The Kier molecular flexibility index (Phi) is 5.46. The van der Waals surface area contributed by atoms with Gasteiger partial charge in [-0.2, -0.15) is 13.2 Å². The van der Waals surface area contributed by atoms with Crippen molar-refractivity contribution in [3.05, 3.63) is 35.4 Å². The molecule has 0 bridgehead atoms. The van der Waals surface area contributed by atoms with Crippen LogP contribution in [0, 0.1) is 0 Å². The summed E-state index contributed by atoms with van der Waals surface area (Å²) in [6, 6.07) is 5.48. The lowest BCUT2D eigenvalue weighted by Gasteiger charge is -2.34. The van der Waals surface area contributed by atoms with Gasteiger partial charge in [0, 0.05) is 44.6 Å². The highest BCUT2D eigenvalue weighted by atomic mass is 79.9. The monoisotopic (exact) mass is 350 g/mol. The maximum atomic E-state index is 12.5. The van der Waals surface area contributed by atoms with Gasteiger partial charge in [0.1, 0.15) is 0 Å². The minimum absolute atomic E-state index is 0.580. The first-order valence-corrected chi connectivity index (χ1v) is 7.78. The normalized spacial score (nSPS) is 18.4. The Balaban J connectivity index is 1.85. The van der Waals surface area contributed by atoms with E-state index in [4.69, 9.17) is 0 Å². The molecule has 1 saturated heterocycles. The van der Waals surface area contributed by atoms with Crippen molar-refractivity contribution in [1.82, 2.24) is 9.80 Å². The first-order valence-electron chi connectivity index (χ1n) is 6.66. The molecule has 0 unspecified atom stereocenters. The molecule has 0 radical (unpaired) electrons. The van der Waals surface area contributed by atoms with Gasteiger partial charge in [-0.3, -0.25) is 9.80 Å². The number of nitrogens with zero attached hydrogens (tertiary/aromatic N) is 2. The molecule has 2 nitrogen and oxygen atoms in total. The fourth-order valence-corrected chi connectivity index (χ4v) is 2.85. The summed E-state index contributed by atoms with van der Waals surface area (Å²) in [7, 11) is 0. The van der Waals surface area contributed by atoms with Crippen molar-refractivity contribution in [3.8, 4) is 0 Å². The average Bonchev–Trinajstić information content (AvgIpc) is 2.41. The van der Waals surface area contributed by atoms with E-state index >= 15 is 0 Å². The third-order valence-corrected chi connectivity index (χ3v) is 3.91. The Hall–Kier alpha value is -0.590. The zero-order valence-corrected chi connectivity index (χ0v) is 12.8. The quantitative estimate of drug-likeness (QED) is 0.769. The molecule has 0 N–H and O–H groups in total. The van der Waals surface area contributed by atoms with E-state index in [0.29, 0.717) is 0 Å². The highest BCUT2D eigenvalue weighted by Gasteiger charge is 2.30. The van der Waals surface area contributed by atoms with Gasteiger partial charge in [0.2, 0.25) is 0 Å². The van der Waals surface area contributed by atoms with Crippen LogP contribution < -0.4 is 0 Å². The molecule has 0 spiro atoms. The molecular weight excluding hydrogens is 333 g/mol. The van der Waals surface area contributed by atoms with Crippen LogP contribution in [0.25, 0.3) is 0 Å². The number of alkyl halides is 4. The molecule has 0 amide bonds. The lowest BCUT2D eigenvalue weighted by Crippen LogP contribution is -2.46. The zero-order valence-electron chi connectivity index (χ0n) is 11.2. The Morgan fingerprint density at radius 2 is 1.50 bits per heavy atom. The number of benzene rings is 1. The number of hydrogen-bond donors (Lipinski definition) is 0. The summed E-state index contributed by atoms with van der Waals surface area (Å²) in [5.74, 6) is 0. The average molecular weight is 351 g/mol. The van der Waals surface area contributed by atoms with Crippen LogP contribution in [-0.2, 0) is 12.7 Å². The Labute approximate surface area is 125 Å². The molecule has 0 aromatic heterocycles. The predicted octanol–water partition coefficient (Wildman–Crippen LogP) is 3.22. The fourth-order valence-electron chi connectivity index (χ4n) is 2.35. The molecule has 0 saturated carbocycles. The van der Waals surface area contributed by atoms with E-state index in [1.807, 2.05) is 0 Å². The van der Waals surface area contributed by atoms with Crippen molar-refractivity contribution in [2.24, 2.45) is 0 Å². The summed E-state index contributed by atoms with van der Waals surface area (Å²) >= 11 is 3.43. The van der Waals surface area contributed by atoms with E-state index < -0.39 is 11.7 Å². The van der Waals surface area contributed by atoms with Gasteiger partial charge >= 0.3 is 6.18 Å². The van der Waals surface area contributed by atoms with Crippen LogP contribution in [0.3, 0.4) is 0 Å². The first-order chi connectivity index (χ1) is 9.49. The van der Waals surface area contributed by atoms with E-state index in [0.717, 1.165) is 62.3 Å². The van der Waals surface area contributed by atoms with Gasteiger partial charge in [-0.15, -0.1) is 0 Å². The number of rotatable bonds is 4. The summed E-state index contributed by atoms with van der Waals surface area (Å²) in [5, 5.41) is 0.978. The number of halogens is 4. The van der Waals surface area contributed by atoms with Gasteiger partial charge in [0.25, 0.3) is 0 Å². The number of hydrogen-bond acceptors (Lipinski definition) is 2. The standard InChI is InChI=1S/C14H18BrF3N2/c15-5-6-19-7-9-20(10-8-19)11-12-1-3-13(4-2-12)14(16,17)18/h1-4H,5-11H2. The molecule has 1 fully saturated rings. The zero-order chi connectivity index (χ0) is 14.6. The lowest BCUT2D eigenvalue weighted by molar-refractivity contribution is -0.137. The molecule has 112 valence electrons. The van der Waals surface area contributed by atoms with Crippen LogP contribution in [0.5, 0.6) is 0 Å². The molecule has 2 rings (SSSR count). The summed E-state index contributed by atoms with van der Waals surface area (Å²) in [6.07, 6.45) is -4.25. The van der Waals surface area contributed by atoms with E-state index in [1.165, 1.54) is 0 Å². The van der Waals surface area contributed by atoms with Gasteiger partial charge < -0.3 is 0 Å². The van der Waals surface area contributed by atoms with Crippen LogP contribution in [0.2, 0.25) is 0 Å². The van der Waals surface area contributed by atoms with Crippen molar-refractivity contribution >= 4 is 15.9 Å². The van der Waals surface area contributed by atoms with Gasteiger partial charge in [-0.1, -0.05) is 28.1 Å². The number of piperazine rings is 1. The summed E-state index contributed by atoms with van der Waals surface area (Å²) < 4.78 is 37.4. The summed E-state index contributed by atoms with van der Waals surface area (Å²) in [6.45, 7) is 5.74. The van der Waals surface area contributed by atoms with E-state index in [9.17, 15) is 13.2 Å². The van der Waals surface area contributed by atoms with E-state index in [2.05, 4.69) is 25.7 Å². The molecule has 1 aliphatic heterocycles. The summed E-state index contributed by atoms with van der Waals surface area (Å²) in [5.41, 5.74) is 0.357. The first kappa shape index (κ1) is 15.8. The Morgan fingerprint density at radius 1 is 0.950 bits per heavy atom. The lowest BCUT2D eigenvalue weighted by atomic mass is 10.1. The SMILES string of the molecule is FC(F)(F)c1ccc(CN2CCN(CCBr)CC2)cc1. The molecule has 1 heterocycles. The molecule has 0 aliphatic carbocycles. The maximum Gasteiger partial charge on any atom is 0.416 e.